The largest absolute Gasteiger partial charge is 0.497 e. The van der Waals surface area contributed by atoms with E-state index in [0.717, 1.165) is 0 Å². The molecule has 6 nitrogen and oxygen atoms in total. The summed E-state index contributed by atoms with van der Waals surface area (Å²) in [5.41, 5.74) is 6.53. The smallest absolute Gasteiger partial charge is 0.240 e. The van der Waals surface area contributed by atoms with Crippen LogP contribution in [0.2, 0.25) is 0 Å². The molecule has 1 aromatic heterocycles. The van der Waals surface area contributed by atoms with E-state index in [-0.39, 0.29) is 5.88 Å². The summed E-state index contributed by atoms with van der Waals surface area (Å²) in [5.74, 6) is 1.57. The minimum absolute atomic E-state index is 0.283. The van der Waals surface area contributed by atoms with Crippen molar-refractivity contribution in [2.24, 2.45) is 0 Å². The topological polar surface area (TPSA) is 90.4 Å². The quantitative estimate of drug-likeness (QED) is 0.917. The number of benzene rings is 1. The van der Waals surface area contributed by atoms with Crippen molar-refractivity contribution >= 4 is 5.69 Å². The average molecular weight is 271 g/mol. The molecular weight excluding hydrogens is 258 g/mol. The van der Waals surface area contributed by atoms with E-state index in [1.54, 1.807) is 30.3 Å². The van der Waals surface area contributed by atoms with Gasteiger partial charge in [0.25, 0.3) is 0 Å². The lowest BCUT2D eigenvalue weighted by atomic mass is 10.2. The summed E-state index contributed by atoms with van der Waals surface area (Å²) in [7, 11) is 2.99. The Morgan fingerprint density at radius 2 is 1.85 bits per heavy atom. The Balaban J connectivity index is 2.32. The molecule has 1 aromatic carbocycles. The fraction of sp³-hybridized carbons (Fsp3) is 0.143. The molecule has 2 aromatic rings. The van der Waals surface area contributed by atoms with Crippen LogP contribution in [0.1, 0.15) is 5.56 Å². The van der Waals surface area contributed by atoms with Crippen LogP contribution in [0.5, 0.6) is 23.3 Å². The third kappa shape index (κ3) is 2.90. The van der Waals surface area contributed by atoms with E-state index >= 15 is 0 Å². The standard InChI is InChI=1S/C14H13N3O3/c1-18-10-5-9(8-15)6-11(7-10)20-13-4-3-12(16)14(17-13)19-2/h3-7H,16H2,1-2H3. The van der Waals surface area contributed by atoms with Gasteiger partial charge in [-0.1, -0.05) is 0 Å². The van der Waals surface area contributed by atoms with E-state index in [9.17, 15) is 0 Å². The number of hydrogen-bond acceptors (Lipinski definition) is 6. The van der Waals surface area contributed by atoms with Crippen molar-refractivity contribution in [3.8, 4) is 29.3 Å². The normalized spacial score (nSPS) is 9.65. The Bertz CT molecular complexity index is 665. The molecule has 20 heavy (non-hydrogen) atoms. The van der Waals surface area contributed by atoms with Crippen LogP contribution < -0.4 is 19.9 Å². The zero-order valence-corrected chi connectivity index (χ0v) is 11.1. The Hall–Kier alpha value is -2.94. The molecule has 0 spiro atoms. The van der Waals surface area contributed by atoms with Gasteiger partial charge in [-0.3, -0.25) is 0 Å². The number of methoxy groups -OCH3 is 2. The van der Waals surface area contributed by atoms with Crippen molar-refractivity contribution in [2.45, 2.75) is 0 Å². The SMILES string of the molecule is COc1cc(C#N)cc(Oc2ccc(N)c(OC)n2)c1. The number of nitrogens with two attached hydrogens (primary N) is 1. The number of aromatic nitrogens is 1. The molecule has 0 aliphatic heterocycles. The highest BCUT2D eigenvalue weighted by atomic mass is 16.5. The van der Waals surface area contributed by atoms with Crippen LogP contribution >= 0.6 is 0 Å². The number of ether oxygens (including phenoxy) is 3. The molecule has 6 heteroatoms. The summed E-state index contributed by atoms with van der Waals surface area (Å²) < 4.78 is 15.7. The third-order valence-corrected chi connectivity index (χ3v) is 2.52. The highest BCUT2D eigenvalue weighted by Crippen LogP contribution is 2.28. The number of pyridine rings is 1. The highest BCUT2D eigenvalue weighted by molar-refractivity contribution is 5.50. The minimum atomic E-state index is 0.283. The minimum Gasteiger partial charge on any atom is -0.497 e. The molecule has 0 atom stereocenters. The zero-order chi connectivity index (χ0) is 14.5. The summed E-state index contributed by atoms with van der Waals surface area (Å²) in [5, 5.41) is 8.95. The molecule has 102 valence electrons. The summed E-state index contributed by atoms with van der Waals surface area (Å²) in [4.78, 5) is 4.10. The Morgan fingerprint density at radius 1 is 1.10 bits per heavy atom. The molecule has 0 fully saturated rings. The second kappa shape index (κ2) is 5.80. The molecule has 0 radical (unpaired) electrons. The van der Waals surface area contributed by atoms with Gasteiger partial charge in [0.05, 0.1) is 31.5 Å². The number of hydrogen-bond donors (Lipinski definition) is 1. The van der Waals surface area contributed by atoms with E-state index in [2.05, 4.69) is 4.98 Å². The van der Waals surface area contributed by atoms with Crippen LogP contribution in [0.4, 0.5) is 5.69 Å². The maximum absolute atomic E-state index is 8.95. The summed E-state index contributed by atoms with van der Waals surface area (Å²) in [6.07, 6.45) is 0. The van der Waals surface area contributed by atoms with Gasteiger partial charge in [0.1, 0.15) is 11.5 Å². The maximum atomic E-state index is 8.95. The number of anilines is 1. The first kappa shape index (κ1) is 13.5. The van der Waals surface area contributed by atoms with Crippen LogP contribution in [0, 0.1) is 11.3 Å². The van der Waals surface area contributed by atoms with E-state index in [1.807, 2.05) is 6.07 Å². The van der Waals surface area contributed by atoms with Gasteiger partial charge in [-0.15, -0.1) is 0 Å². The lowest BCUT2D eigenvalue weighted by Gasteiger charge is -2.09. The van der Waals surface area contributed by atoms with Gasteiger partial charge in [0, 0.05) is 12.1 Å². The Morgan fingerprint density at radius 3 is 2.50 bits per heavy atom. The van der Waals surface area contributed by atoms with Crippen molar-refractivity contribution in [2.75, 3.05) is 20.0 Å². The lowest BCUT2D eigenvalue weighted by molar-refractivity contribution is 0.383. The molecule has 0 bridgehead atoms. The van der Waals surface area contributed by atoms with Crippen LogP contribution in [0.25, 0.3) is 0 Å². The van der Waals surface area contributed by atoms with E-state index in [0.29, 0.717) is 28.6 Å². The number of nitriles is 1. The Kier molecular flexibility index (Phi) is 3.91. The maximum Gasteiger partial charge on any atom is 0.240 e. The fourth-order valence-corrected chi connectivity index (χ4v) is 1.59. The van der Waals surface area contributed by atoms with Gasteiger partial charge in [-0.25, -0.2) is 0 Å². The van der Waals surface area contributed by atoms with Crippen molar-refractivity contribution in [1.29, 1.82) is 5.26 Å². The summed E-state index contributed by atoms with van der Waals surface area (Å²) in [6, 6.07) is 10.1. The zero-order valence-electron chi connectivity index (χ0n) is 11.1. The second-order valence-electron chi connectivity index (χ2n) is 3.86. The Labute approximate surface area is 116 Å². The molecule has 0 saturated carbocycles. The first-order chi connectivity index (χ1) is 9.66. The van der Waals surface area contributed by atoms with Crippen LogP contribution in [-0.2, 0) is 0 Å². The number of nitrogens with zero attached hydrogens (tertiary/aromatic N) is 2. The van der Waals surface area contributed by atoms with Crippen LogP contribution in [0.15, 0.2) is 30.3 Å². The number of nitrogen functional groups attached to an aromatic ring is 1. The molecule has 0 unspecified atom stereocenters. The molecule has 1 heterocycles. The van der Waals surface area contributed by atoms with Gasteiger partial charge in [0.15, 0.2) is 0 Å². The highest BCUT2D eigenvalue weighted by Gasteiger charge is 2.07. The molecule has 2 rings (SSSR count). The molecule has 0 amide bonds. The van der Waals surface area contributed by atoms with Crippen molar-refractivity contribution in [3.63, 3.8) is 0 Å². The molecule has 0 aliphatic rings. The van der Waals surface area contributed by atoms with Gasteiger partial charge in [-0.05, 0) is 18.2 Å². The van der Waals surface area contributed by atoms with Crippen LogP contribution in [-0.4, -0.2) is 19.2 Å². The molecule has 2 N–H and O–H groups in total. The molecular formula is C14H13N3O3. The van der Waals surface area contributed by atoms with Gasteiger partial charge in [-0.2, -0.15) is 10.2 Å². The monoisotopic (exact) mass is 271 g/mol. The first-order valence-electron chi connectivity index (χ1n) is 5.74. The van der Waals surface area contributed by atoms with E-state index in [1.165, 1.54) is 14.2 Å². The predicted molar refractivity (Wildman–Crippen MR) is 73.0 cm³/mol. The van der Waals surface area contributed by atoms with Crippen molar-refractivity contribution < 1.29 is 14.2 Å². The third-order valence-electron chi connectivity index (χ3n) is 2.52. The van der Waals surface area contributed by atoms with Crippen LogP contribution in [0.3, 0.4) is 0 Å². The summed E-state index contributed by atoms with van der Waals surface area (Å²) >= 11 is 0. The second-order valence-corrected chi connectivity index (χ2v) is 3.86. The number of rotatable bonds is 4. The molecule has 0 aliphatic carbocycles. The summed E-state index contributed by atoms with van der Waals surface area (Å²) in [6.45, 7) is 0. The predicted octanol–water partition coefficient (Wildman–Crippen LogP) is 2.34. The first-order valence-corrected chi connectivity index (χ1v) is 5.74. The van der Waals surface area contributed by atoms with Crippen molar-refractivity contribution in [1.82, 2.24) is 4.98 Å². The van der Waals surface area contributed by atoms with Gasteiger partial charge >= 0.3 is 0 Å². The van der Waals surface area contributed by atoms with Crippen molar-refractivity contribution in [3.05, 3.63) is 35.9 Å². The lowest BCUT2D eigenvalue weighted by Crippen LogP contribution is -1.97. The average Bonchev–Trinajstić information content (AvgIpc) is 2.48. The molecule has 0 saturated heterocycles. The van der Waals surface area contributed by atoms with E-state index in [4.69, 9.17) is 25.2 Å². The fourth-order valence-electron chi connectivity index (χ4n) is 1.59. The van der Waals surface area contributed by atoms with Gasteiger partial charge < -0.3 is 19.9 Å². The van der Waals surface area contributed by atoms with E-state index < -0.39 is 0 Å². The van der Waals surface area contributed by atoms with Gasteiger partial charge in [0.2, 0.25) is 11.8 Å².